The third-order valence-electron chi connectivity index (χ3n) is 3.75. The third kappa shape index (κ3) is 4.10. The molecule has 0 saturated heterocycles. The average molecular weight is 339 g/mol. The van der Waals surface area contributed by atoms with E-state index in [1.54, 1.807) is 48.8 Å². The molecule has 0 bridgehead atoms. The summed E-state index contributed by atoms with van der Waals surface area (Å²) in [7, 11) is 0. The molecule has 1 amide bonds. The molecule has 0 aliphatic rings. The van der Waals surface area contributed by atoms with Crippen molar-refractivity contribution in [3.8, 4) is 5.69 Å². The van der Waals surface area contributed by atoms with E-state index in [9.17, 15) is 14.3 Å². The van der Waals surface area contributed by atoms with Crippen LogP contribution >= 0.6 is 0 Å². The number of nitrogens with one attached hydrogen (secondary N) is 1. The van der Waals surface area contributed by atoms with Gasteiger partial charge in [0.1, 0.15) is 5.69 Å². The Bertz CT molecular complexity index is 877. The van der Waals surface area contributed by atoms with E-state index in [-0.39, 0.29) is 6.42 Å². The second-order valence-corrected chi connectivity index (χ2v) is 5.81. The van der Waals surface area contributed by atoms with Gasteiger partial charge < -0.3 is 10.4 Å². The van der Waals surface area contributed by atoms with Crippen LogP contribution in [0.25, 0.3) is 5.69 Å². The first kappa shape index (κ1) is 16.9. The largest absolute Gasteiger partial charge is 0.388 e. The molecule has 0 radical (unpaired) electrons. The molecule has 25 heavy (non-hydrogen) atoms. The topological polar surface area (TPSA) is 67.2 Å². The van der Waals surface area contributed by atoms with E-state index < -0.39 is 17.8 Å². The maximum atomic E-state index is 14.3. The first-order valence-corrected chi connectivity index (χ1v) is 7.87. The van der Waals surface area contributed by atoms with Crippen LogP contribution in [0.1, 0.15) is 23.7 Å². The van der Waals surface area contributed by atoms with Gasteiger partial charge in [0.25, 0.3) is 0 Å². The van der Waals surface area contributed by atoms with Gasteiger partial charge in [-0.25, -0.2) is 9.07 Å². The number of aryl methyl sites for hydroxylation is 1. The lowest BCUT2D eigenvalue weighted by Gasteiger charge is -2.12. The number of aromatic nitrogens is 2. The molecule has 0 aliphatic heterocycles. The SMILES string of the molecule is Cc1cnn(-c2ccc(NC(=O)CC(O)c3ccccc3)cc2F)c1. The quantitative estimate of drug-likeness (QED) is 0.749. The number of anilines is 1. The minimum Gasteiger partial charge on any atom is -0.388 e. The van der Waals surface area contributed by atoms with Gasteiger partial charge in [-0.2, -0.15) is 5.10 Å². The van der Waals surface area contributed by atoms with Crippen LogP contribution in [0.5, 0.6) is 0 Å². The molecule has 3 rings (SSSR count). The van der Waals surface area contributed by atoms with Crippen molar-refractivity contribution in [1.82, 2.24) is 9.78 Å². The van der Waals surface area contributed by atoms with Gasteiger partial charge in [-0.05, 0) is 36.2 Å². The van der Waals surface area contributed by atoms with Crippen molar-refractivity contribution in [3.05, 3.63) is 77.9 Å². The zero-order valence-electron chi connectivity index (χ0n) is 13.7. The molecule has 128 valence electrons. The fourth-order valence-corrected chi connectivity index (χ4v) is 2.50. The number of rotatable bonds is 5. The summed E-state index contributed by atoms with van der Waals surface area (Å²) in [5, 5.41) is 16.7. The normalized spacial score (nSPS) is 12.0. The van der Waals surface area contributed by atoms with E-state index in [0.29, 0.717) is 16.9 Å². The number of nitrogens with zero attached hydrogens (tertiary/aromatic N) is 2. The monoisotopic (exact) mass is 339 g/mol. The number of aliphatic hydroxyl groups excluding tert-OH is 1. The molecule has 0 aliphatic carbocycles. The lowest BCUT2D eigenvalue weighted by Crippen LogP contribution is -2.15. The van der Waals surface area contributed by atoms with Crippen molar-refractivity contribution in [2.24, 2.45) is 0 Å². The highest BCUT2D eigenvalue weighted by atomic mass is 19.1. The van der Waals surface area contributed by atoms with Crippen LogP contribution in [0.2, 0.25) is 0 Å². The smallest absolute Gasteiger partial charge is 0.227 e. The van der Waals surface area contributed by atoms with Gasteiger partial charge in [-0.15, -0.1) is 0 Å². The van der Waals surface area contributed by atoms with Gasteiger partial charge in [0.15, 0.2) is 5.82 Å². The molecule has 3 aromatic rings. The summed E-state index contributed by atoms with van der Waals surface area (Å²) in [5.41, 5.74) is 2.21. The molecule has 1 heterocycles. The molecule has 6 heteroatoms. The second-order valence-electron chi connectivity index (χ2n) is 5.81. The number of amides is 1. The zero-order valence-corrected chi connectivity index (χ0v) is 13.7. The van der Waals surface area contributed by atoms with Gasteiger partial charge in [-0.1, -0.05) is 30.3 Å². The molecule has 2 aromatic carbocycles. The van der Waals surface area contributed by atoms with E-state index >= 15 is 0 Å². The summed E-state index contributed by atoms with van der Waals surface area (Å²) < 4.78 is 15.7. The van der Waals surface area contributed by atoms with Crippen LogP contribution in [0, 0.1) is 12.7 Å². The van der Waals surface area contributed by atoms with Crippen LogP contribution in [0.15, 0.2) is 60.9 Å². The Morgan fingerprint density at radius 3 is 2.68 bits per heavy atom. The Hall–Kier alpha value is -2.99. The molecular formula is C19H18FN3O2. The Kier molecular flexibility index (Phi) is 4.90. The first-order valence-electron chi connectivity index (χ1n) is 7.87. The van der Waals surface area contributed by atoms with Crippen LogP contribution in [0.4, 0.5) is 10.1 Å². The van der Waals surface area contributed by atoms with E-state index in [4.69, 9.17) is 0 Å². The second kappa shape index (κ2) is 7.27. The Morgan fingerprint density at radius 2 is 2.04 bits per heavy atom. The van der Waals surface area contributed by atoms with E-state index in [0.717, 1.165) is 5.56 Å². The van der Waals surface area contributed by atoms with Crippen LogP contribution < -0.4 is 5.32 Å². The third-order valence-corrected chi connectivity index (χ3v) is 3.75. The standard InChI is InChI=1S/C19H18FN3O2/c1-13-11-21-23(12-13)17-8-7-15(9-16(17)20)22-19(25)10-18(24)14-5-3-2-4-6-14/h2-9,11-12,18,24H,10H2,1H3,(H,22,25). The van der Waals surface area contributed by atoms with Crippen molar-refractivity contribution in [2.45, 2.75) is 19.4 Å². The summed E-state index contributed by atoms with van der Waals surface area (Å²) >= 11 is 0. The van der Waals surface area contributed by atoms with Crippen molar-refractivity contribution in [3.63, 3.8) is 0 Å². The number of hydrogen-bond donors (Lipinski definition) is 2. The van der Waals surface area contributed by atoms with Crippen LogP contribution in [-0.4, -0.2) is 20.8 Å². The van der Waals surface area contributed by atoms with Crippen molar-refractivity contribution >= 4 is 11.6 Å². The number of benzene rings is 2. The van der Waals surface area contributed by atoms with Gasteiger partial charge >= 0.3 is 0 Å². The zero-order chi connectivity index (χ0) is 17.8. The van der Waals surface area contributed by atoms with Gasteiger partial charge in [-0.3, -0.25) is 4.79 Å². The highest BCUT2D eigenvalue weighted by Gasteiger charge is 2.14. The predicted octanol–water partition coefficient (Wildman–Crippen LogP) is 3.38. The van der Waals surface area contributed by atoms with Crippen molar-refractivity contribution in [2.75, 3.05) is 5.32 Å². The molecule has 1 aromatic heterocycles. The number of halogens is 1. The summed E-state index contributed by atoms with van der Waals surface area (Å²) in [4.78, 5) is 12.1. The average Bonchev–Trinajstić information content (AvgIpc) is 3.01. The van der Waals surface area contributed by atoms with Crippen LogP contribution in [0.3, 0.4) is 0 Å². The van der Waals surface area contributed by atoms with Gasteiger partial charge in [0, 0.05) is 11.9 Å². The lowest BCUT2D eigenvalue weighted by molar-refractivity contribution is -0.118. The molecule has 0 spiro atoms. The highest BCUT2D eigenvalue weighted by molar-refractivity contribution is 5.91. The van der Waals surface area contributed by atoms with E-state index in [2.05, 4.69) is 10.4 Å². The Labute approximate surface area is 144 Å². The summed E-state index contributed by atoms with van der Waals surface area (Å²) in [6.45, 7) is 1.87. The molecule has 5 nitrogen and oxygen atoms in total. The Morgan fingerprint density at radius 1 is 1.28 bits per heavy atom. The lowest BCUT2D eigenvalue weighted by atomic mass is 10.1. The van der Waals surface area contributed by atoms with Crippen molar-refractivity contribution in [1.29, 1.82) is 0 Å². The molecule has 0 fully saturated rings. The molecule has 1 atom stereocenters. The minimum atomic E-state index is -0.905. The maximum Gasteiger partial charge on any atom is 0.227 e. The predicted molar refractivity (Wildman–Crippen MR) is 92.9 cm³/mol. The summed E-state index contributed by atoms with van der Waals surface area (Å²) in [6.07, 6.45) is 2.34. The van der Waals surface area contributed by atoms with E-state index in [1.165, 1.54) is 10.7 Å². The van der Waals surface area contributed by atoms with E-state index in [1.807, 2.05) is 13.0 Å². The first-order chi connectivity index (χ1) is 12.0. The van der Waals surface area contributed by atoms with Gasteiger partial charge in [0.2, 0.25) is 5.91 Å². The number of carbonyl (C=O) groups excluding carboxylic acids is 1. The number of aliphatic hydroxyl groups is 1. The number of hydrogen-bond acceptors (Lipinski definition) is 3. The van der Waals surface area contributed by atoms with Crippen LogP contribution in [-0.2, 0) is 4.79 Å². The van der Waals surface area contributed by atoms with Crippen molar-refractivity contribution < 1.29 is 14.3 Å². The number of carbonyl (C=O) groups is 1. The maximum absolute atomic E-state index is 14.3. The van der Waals surface area contributed by atoms with Gasteiger partial charge in [0.05, 0.1) is 18.7 Å². The summed E-state index contributed by atoms with van der Waals surface area (Å²) in [6, 6.07) is 13.3. The molecular weight excluding hydrogens is 321 g/mol. The summed E-state index contributed by atoms with van der Waals surface area (Å²) in [5.74, 6) is -0.886. The highest BCUT2D eigenvalue weighted by Crippen LogP contribution is 2.20. The fraction of sp³-hybridized carbons (Fsp3) is 0.158. The molecule has 1 unspecified atom stereocenters. The minimum absolute atomic E-state index is 0.105. The molecule has 0 saturated carbocycles. The molecule has 2 N–H and O–H groups in total. The fourth-order valence-electron chi connectivity index (χ4n) is 2.50. The Balaban J connectivity index is 1.66.